The lowest BCUT2D eigenvalue weighted by molar-refractivity contribution is -0.125. The molecule has 1 N–H and O–H groups in total. The number of piperidine rings is 1. The summed E-state index contributed by atoms with van der Waals surface area (Å²) in [6, 6.07) is 20.5. The molecule has 0 saturated carbocycles. The van der Waals surface area contributed by atoms with Crippen LogP contribution >= 0.6 is 0 Å². The standard InChI is InChI=1S/C28H28F2N2O2/c1-34-26-6-3-2-5-22(26)20-10-8-19(9-11-20)16-32-17-23(21-12-13-24(29)25(30)15-21)28(18-32)14-4-7-27(33)31-28/h2-3,5-6,8-13,15,23H,4,7,14,16-18H2,1H3,(H,31,33)/t23-,28+/m0/s1. The zero-order valence-corrected chi connectivity index (χ0v) is 19.2. The molecule has 2 saturated heterocycles. The van der Waals surface area contributed by atoms with Crippen molar-refractivity contribution in [2.75, 3.05) is 20.2 Å². The van der Waals surface area contributed by atoms with Crippen molar-refractivity contribution in [1.29, 1.82) is 0 Å². The fourth-order valence-corrected chi connectivity index (χ4v) is 5.56. The van der Waals surface area contributed by atoms with Crippen LogP contribution in [0.3, 0.4) is 0 Å². The summed E-state index contributed by atoms with van der Waals surface area (Å²) in [5.41, 5.74) is 3.55. The number of hydrogen-bond donors (Lipinski definition) is 1. The van der Waals surface area contributed by atoms with E-state index in [1.165, 1.54) is 12.1 Å². The Hall–Kier alpha value is -3.25. The van der Waals surface area contributed by atoms with Gasteiger partial charge < -0.3 is 10.1 Å². The Morgan fingerprint density at radius 2 is 1.85 bits per heavy atom. The van der Waals surface area contributed by atoms with Gasteiger partial charge in [0, 0.05) is 37.5 Å². The molecule has 0 radical (unpaired) electrons. The van der Waals surface area contributed by atoms with Gasteiger partial charge in [0.2, 0.25) is 5.91 Å². The van der Waals surface area contributed by atoms with Gasteiger partial charge in [0.15, 0.2) is 11.6 Å². The number of ether oxygens (including phenoxy) is 1. The smallest absolute Gasteiger partial charge is 0.220 e. The van der Waals surface area contributed by atoms with E-state index in [-0.39, 0.29) is 11.8 Å². The fraction of sp³-hybridized carbons (Fsp3) is 0.321. The van der Waals surface area contributed by atoms with Gasteiger partial charge in [-0.25, -0.2) is 8.78 Å². The molecule has 2 aliphatic rings. The highest BCUT2D eigenvalue weighted by Gasteiger charge is 2.49. The largest absolute Gasteiger partial charge is 0.496 e. The lowest BCUT2D eigenvalue weighted by Gasteiger charge is -2.39. The Labute approximate surface area is 198 Å². The highest BCUT2D eigenvalue weighted by Crippen LogP contribution is 2.42. The van der Waals surface area contributed by atoms with Crippen molar-refractivity contribution >= 4 is 5.91 Å². The topological polar surface area (TPSA) is 41.6 Å². The molecular weight excluding hydrogens is 434 g/mol. The molecular formula is C28H28F2N2O2. The predicted molar refractivity (Wildman–Crippen MR) is 128 cm³/mol. The molecule has 2 aliphatic heterocycles. The minimum atomic E-state index is -0.851. The van der Waals surface area contributed by atoms with Crippen molar-refractivity contribution in [3.05, 3.63) is 89.5 Å². The summed E-state index contributed by atoms with van der Waals surface area (Å²) < 4.78 is 33.1. The number of carbonyl (C=O) groups excluding carboxylic acids is 1. The fourth-order valence-electron chi connectivity index (χ4n) is 5.56. The molecule has 0 aliphatic carbocycles. The molecule has 2 fully saturated rings. The van der Waals surface area contributed by atoms with Crippen LogP contribution in [0.1, 0.15) is 36.3 Å². The van der Waals surface area contributed by atoms with E-state index in [0.29, 0.717) is 26.1 Å². The third kappa shape index (κ3) is 4.30. The molecule has 5 rings (SSSR count). The van der Waals surface area contributed by atoms with Crippen molar-refractivity contribution in [2.45, 2.75) is 37.3 Å². The summed E-state index contributed by atoms with van der Waals surface area (Å²) in [6.45, 7) is 2.06. The Morgan fingerprint density at radius 1 is 1.06 bits per heavy atom. The number of nitrogens with zero attached hydrogens (tertiary/aromatic N) is 1. The summed E-state index contributed by atoms with van der Waals surface area (Å²) in [5, 5.41) is 3.22. The van der Waals surface area contributed by atoms with Crippen LogP contribution < -0.4 is 10.1 Å². The first kappa shape index (κ1) is 22.5. The molecule has 0 unspecified atom stereocenters. The van der Waals surface area contributed by atoms with Crippen LogP contribution in [-0.4, -0.2) is 36.5 Å². The number of para-hydroxylation sites is 1. The highest BCUT2D eigenvalue weighted by atomic mass is 19.2. The van der Waals surface area contributed by atoms with E-state index in [9.17, 15) is 13.6 Å². The van der Waals surface area contributed by atoms with Gasteiger partial charge in [-0.2, -0.15) is 0 Å². The van der Waals surface area contributed by atoms with Gasteiger partial charge in [-0.1, -0.05) is 48.5 Å². The van der Waals surface area contributed by atoms with E-state index in [2.05, 4.69) is 34.5 Å². The Balaban J connectivity index is 1.38. The summed E-state index contributed by atoms with van der Waals surface area (Å²) in [7, 11) is 1.67. The molecule has 1 spiro atoms. The van der Waals surface area contributed by atoms with Crippen molar-refractivity contribution < 1.29 is 18.3 Å². The van der Waals surface area contributed by atoms with Crippen LogP contribution in [-0.2, 0) is 11.3 Å². The molecule has 2 heterocycles. The van der Waals surface area contributed by atoms with E-state index >= 15 is 0 Å². The minimum Gasteiger partial charge on any atom is -0.496 e. The molecule has 0 aromatic heterocycles. The number of rotatable bonds is 5. The minimum absolute atomic E-state index is 0.0295. The van der Waals surface area contributed by atoms with Gasteiger partial charge in [0.25, 0.3) is 0 Å². The maximum absolute atomic E-state index is 14.1. The molecule has 3 aromatic rings. The first-order valence-electron chi connectivity index (χ1n) is 11.7. The van der Waals surface area contributed by atoms with Crippen LogP contribution in [0, 0.1) is 11.6 Å². The predicted octanol–water partition coefficient (Wildman–Crippen LogP) is 5.28. The van der Waals surface area contributed by atoms with Gasteiger partial charge in [-0.15, -0.1) is 0 Å². The second-order valence-electron chi connectivity index (χ2n) is 9.35. The zero-order chi connectivity index (χ0) is 23.7. The molecule has 2 atom stereocenters. The van der Waals surface area contributed by atoms with E-state index in [4.69, 9.17) is 4.74 Å². The molecule has 4 nitrogen and oxygen atoms in total. The maximum Gasteiger partial charge on any atom is 0.220 e. The number of benzene rings is 3. The number of amides is 1. The number of methoxy groups -OCH3 is 1. The first-order chi connectivity index (χ1) is 16.5. The SMILES string of the molecule is COc1ccccc1-c1ccc(CN2C[C@@H](c3ccc(F)c(F)c3)[C@@]3(CCCC(=O)N3)C2)cc1. The van der Waals surface area contributed by atoms with Crippen LogP contribution in [0.4, 0.5) is 8.78 Å². The molecule has 176 valence electrons. The van der Waals surface area contributed by atoms with E-state index in [1.807, 2.05) is 24.3 Å². The van der Waals surface area contributed by atoms with Gasteiger partial charge in [-0.3, -0.25) is 9.69 Å². The van der Waals surface area contributed by atoms with Gasteiger partial charge in [0.1, 0.15) is 5.75 Å². The number of nitrogens with one attached hydrogen (secondary N) is 1. The third-order valence-electron chi connectivity index (χ3n) is 7.15. The normalized spacial score (nSPS) is 22.7. The molecule has 1 amide bonds. The second kappa shape index (κ2) is 9.18. The highest BCUT2D eigenvalue weighted by molar-refractivity contribution is 5.78. The van der Waals surface area contributed by atoms with Crippen LogP contribution in [0.5, 0.6) is 5.75 Å². The summed E-state index contributed by atoms with van der Waals surface area (Å²) in [5.74, 6) is -0.934. The van der Waals surface area contributed by atoms with Gasteiger partial charge in [0.05, 0.1) is 12.6 Å². The van der Waals surface area contributed by atoms with Crippen LogP contribution in [0.15, 0.2) is 66.7 Å². The Kier molecular flexibility index (Phi) is 6.09. The van der Waals surface area contributed by atoms with Crippen LogP contribution in [0.25, 0.3) is 11.1 Å². The molecule has 6 heteroatoms. The molecule has 0 bridgehead atoms. The van der Waals surface area contributed by atoms with Crippen molar-refractivity contribution in [1.82, 2.24) is 10.2 Å². The number of hydrogen-bond acceptors (Lipinski definition) is 3. The molecule has 34 heavy (non-hydrogen) atoms. The second-order valence-corrected chi connectivity index (χ2v) is 9.35. The summed E-state index contributed by atoms with van der Waals surface area (Å²) in [4.78, 5) is 14.6. The lowest BCUT2D eigenvalue weighted by atomic mass is 9.76. The van der Waals surface area contributed by atoms with Gasteiger partial charge in [-0.05, 0) is 47.7 Å². The van der Waals surface area contributed by atoms with E-state index < -0.39 is 17.2 Å². The van der Waals surface area contributed by atoms with Crippen LogP contribution in [0.2, 0.25) is 0 Å². The number of likely N-dealkylation sites (tertiary alicyclic amines) is 1. The van der Waals surface area contributed by atoms with E-state index in [0.717, 1.165) is 40.8 Å². The monoisotopic (exact) mass is 462 g/mol. The van der Waals surface area contributed by atoms with Gasteiger partial charge >= 0.3 is 0 Å². The lowest BCUT2D eigenvalue weighted by Crippen LogP contribution is -2.56. The third-order valence-corrected chi connectivity index (χ3v) is 7.15. The number of halogens is 2. The Bertz CT molecular complexity index is 1200. The maximum atomic E-state index is 14.1. The van der Waals surface area contributed by atoms with Crippen molar-refractivity contribution in [3.63, 3.8) is 0 Å². The average Bonchev–Trinajstić information content (AvgIpc) is 3.17. The zero-order valence-electron chi connectivity index (χ0n) is 19.2. The summed E-state index contributed by atoms with van der Waals surface area (Å²) in [6.07, 6.45) is 2.13. The summed E-state index contributed by atoms with van der Waals surface area (Å²) >= 11 is 0. The average molecular weight is 463 g/mol. The van der Waals surface area contributed by atoms with E-state index in [1.54, 1.807) is 13.2 Å². The first-order valence-corrected chi connectivity index (χ1v) is 11.7. The number of carbonyl (C=O) groups is 1. The van der Waals surface area contributed by atoms with Crippen molar-refractivity contribution in [3.8, 4) is 16.9 Å². The quantitative estimate of drug-likeness (QED) is 0.561. The molecule has 3 aromatic carbocycles. The Morgan fingerprint density at radius 3 is 2.59 bits per heavy atom. The van der Waals surface area contributed by atoms with Crippen molar-refractivity contribution in [2.24, 2.45) is 0 Å².